The number of methoxy groups -OCH3 is 1. The quantitative estimate of drug-likeness (QED) is 0.306. The number of carboxylic acid groups (broad SMARTS) is 1. The predicted octanol–water partition coefficient (Wildman–Crippen LogP) is 5.91. The summed E-state index contributed by atoms with van der Waals surface area (Å²) in [6, 6.07) is 9.72. The number of carbonyl (C=O) groups excluding carboxylic acids is 1. The molecular weight excluding hydrogens is 678 g/mol. The molecule has 4 heterocycles. The minimum Gasteiger partial charge on any atom is -0.497 e. The van der Waals surface area contributed by atoms with E-state index < -0.39 is 60.5 Å². The van der Waals surface area contributed by atoms with Crippen LogP contribution >= 0.6 is 0 Å². The zero-order valence-electron chi connectivity index (χ0n) is 28.8. The average Bonchev–Trinajstić information content (AvgIpc) is 3.77. The number of alkyl halides is 6. The Hall–Kier alpha value is -3.52. The Morgan fingerprint density at radius 2 is 1.59 bits per heavy atom. The summed E-state index contributed by atoms with van der Waals surface area (Å²) in [5.41, 5.74) is -1.44. The van der Waals surface area contributed by atoms with Crippen molar-refractivity contribution in [2.24, 2.45) is 5.92 Å². The van der Waals surface area contributed by atoms with Crippen LogP contribution in [-0.2, 0) is 15.8 Å². The maximum Gasteiger partial charge on any atom is 0.416 e. The molecule has 14 heteroatoms. The van der Waals surface area contributed by atoms with E-state index in [2.05, 4.69) is 0 Å². The average molecular weight is 725 g/mol. The number of carbonyl (C=O) groups is 2. The van der Waals surface area contributed by atoms with Crippen LogP contribution in [0.5, 0.6) is 5.75 Å². The van der Waals surface area contributed by atoms with Crippen LogP contribution in [0, 0.1) is 5.92 Å². The summed E-state index contributed by atoms with van der Waals surface area (Å²) < 4.78 is 91.2. The van der Waals surface area contributed by atoms with Gasteiger partial charge >= 0.3 is 12.1 Å². The Kier molecular flexibility index (Phi) is 11.1. The SMILES string of the molecule is COc1ccc([C@@H]2CN(C3CCN(C(CF)CF)CC3)C[C@@]2(F)C(=O)N2CC[C@@H](c3ccc(C(F)(F)F)cc3N3CCC(C(=O)O)CC3)C2)cc1. The highest BCUT2D eigenvalue weighted by atomic mass is 19.4. The molecule has 0 radical (unpaired) electrons. The predicted molar refractivity (Wildman–Crippen MR) is 179 cm³/mol. The van der Waals surface area contributed by atoms with Gasteiger partial charge in [-0.3, -0.25) is 19.4 Å². The smallest absolute Gasteiger partial charge is 0.416 e. The zero-order valence-corrected chi connectivity index (χ0v) is 28.8. The maximum absolute atomic E-state index is 17.6. The molecule has 3 atom stereocenters. The summed E-state index contributed by atoms with van der Waals surface area (Å²) >= 11 is 0. The highest BCUT2D eigenvalue weighted by Crippen LogP contribution is 2.45. The number of hydrogen-bond donors (Lipinski definition) is 1. The molecule has 1 N–H and O–H groups in total. The number of ether oxygens (including phenoxy) is 1. The normalized spacial score (nSPS) is 26.0. The Labute approximate surface area is 294 Å². The van der Waals surface area contributed by atoms with Gasteiger partial charge in [-0.25, -0.2) is 13.2 Å². The molecule has 1 amide bonds. The topological polar surface area (TPSA) is 76.6 Å². The Morgan fingerprint density at radius 1 is 0.922 bits per heavy atom. The van der Waals surface area contributed by atoms with Crippen LogP contribution < -0.4 is 9.64 Å². The zero-order chi connectivity index (χ0) is 36.5. The first-order chi connectivity index (χ1) is 24.4. The molecular formula is C37H46F6N4O4. The monoisotopic (exact) mass is 724 g/mol. The van der Waals surface area contributed by atoms with E-state index in [1.165, 1.54) is 18.1 Å². The lowest BCUT2D eigenvalue weighted by atomic mass is 9.85. The second kappa shape index (κ2) is 15.2. The second-order valence-corrected chi connectivity index (χ2v) is 14.5. The number of amides is 1. The second-order valence-electron chi connectivity index (χ2n) is 14.5. The molecule has 2 aromatic carbocycles. The van der Waals surface area contributed by atoms with E-state index in [1.54, 1.807) is 34.1 Å². The first-order valence-corrected chi connectivity index (χ1v) is 17.8. The van der Waals surface area contributed by atoms with Crippen LogP contribution in [0.25, 0.3) is 0 Å². The molecule has 4 fully saturated rings. The van der Waals surface area contributed by atoms with Gasteiger partial charge in [-0.2, -0.15) is 13.2 Å². The number of likely N-dealkylation sites (tertiary alicyclic amines) is 3. The van der Waals surface area contributed by atoms with E-state index in [0.29, 0.717) is 67.8 Å². The fraction of sp³-hybridized carbons (Fsp3) is 0.622. The molecule has 0 unspecified atom stereocenters. The van der Waals surface area contributed by atoms with Crippen molar-refractivity contribution < 1.29 is 45.8 Å². The lowest BCUT2D eigenvalue weighted by Gasteiger charge is -2.39. The number of piperidine rings is 2. The highest BCUT2D eigenvalue weighted by Gasteiger charge is 2.57. The number of anilines is 1. The van der Waals surface area contributed by atoms with Crippen molar-refractivity contribution in [2.45, 2.75) is 67.9 Å². The van der Waals surface area contributed by atoms with Gasteiger partial charge in [0.1, 0.15) is 19.1 Å². The number of rotatable bonds is 10. The van der Waals surface area contributed by atoms with E-state index in [9.17, 15) is 36.6 Å². The van der Waals surface area contributed by atoms with E-state index in [4.69, 9.17) is 4.74 Å². The van der Waals surface area contributed by atoms with Gasteiger partial charge in [0.05, 0.1) is 24.6 Å². The Bertz CT molecular complexity index is 1530. The molecule has 8 nitrogen and oxygen atoms in total. The number of benzene rings is 2. The van der Waals surface area contributed by atoms with Crippen LogP contribution in [0.1, 0.15) is 60.6 Å². The van der Waals surface area contributed by atoms with E-state index in [1.807, 2.05) is 4.90 Å². The fourth-order valence-electron chi connectivity index (χ4n) is 8.57. The summed E-state index contributed by atoms with van der Waals surface area (Å²) in [6.07, 6.45) is -2.36. The van der Waals surface area contributed by atoms with Crippen LogP contribution in [0.2, 0.25) is 0 Å². The van der Waals surface area contributed by atoms with Gasteiger partial charge in [-0.05, 0) is 67.5 Å². The van der Waals surface area contributed by atoms with Crippen molar-refractivity contribution in [3.05, 3.63) is 59.2 Å². The standard InChI is InChI=1S/C37H46F6N4O4/c1-51-30-5-2-24(3-6-30)32-22-47(28-11-16-44(17-12-28)29(19-38)20-39)23-36(32,40)35(50)46-15-10-26(21-46)31-7-4-27(37(41,42)43)18-33(31)45-13-8-25(9-14-45)34(48)49/h2-7,18,25-26,28-29,32H,8-17,19-23H2,1H3,(H,48,49)/t26-,32+,36+/m1/s1. The fourth-order valence-corrected chi connectivity index (χ4v) is 8.57. The van der Waals surface area contributed by atoms with E-state index in [0.717, 1.165) is 12.1 Å². The molecule has 2 aromatic rings. The largest absolute Gasteiger partial charge is 0.497 e. The third-order valence-electron chi connectivity index (χ3n) is 11.6. The number of nitrogens with zero attached hydrogens (tertiary/aromatic N) is 4. The molecule has 0 aromatic heterocycles. The van der Waals surface area contributed by atoms with Crippen LogP contribution in [0.4, 0.5) is 32.0 Å². The van der Waals surface area contributed by atoms with Crippen molar-refractivity contribution >= 4 is 17.6 Å². The van der Waals surface area contributed by atoms with Crippen molar-refractivity contribution in [3.63, 3.8) is 0 Å². The van der Waals surface area contributed by atoms with Crippen LogP contribution in [0.15, 0.2) is 42.5 Å². The summed E-state index contributed by atoms with van der Waals surface area (Å²) in [7, 11) is 1.53. The molecule has 0 spiro atoms. The van der Waals surface area contributed by atoms with Crippen molar-refractivity contribution in [1.82, 2.24) is 14.7 Å². The summed E-state index contributed by atoms with van der Waals surface area (Å²) in [5.74, 6) is -2.68. The summed E-state index contributed by atoms with van der Waals surface area (Å²) in [4.78, 5) is 33.0. The van der Waals surface area contributed by atoms with E-state index in [-0.39, 0.29) is 51.2 Å². The van der Waals surface area contributed by atoms with Crippen LogP contribution in [-0.4, -0.2) is 122 Å². The van der Waals surface area contributed by atoms with E-state index >= 15 is 4.39 Å². The maximum atomic E-state index is 17.6. The third-order valence-corrected chi connectivity index (χ3v) is 11.6. The van der Waals surface area contributed by atoms with Crippen molar-refractivity contribution in [3.8, 4) is 5.75 Å². The first-order valence-electron chi connectivity index (χ1n) is 17.8. The minimum atomic E-state index is -4.57. The van der Waals surface area contributed by atoms with Gasteiger partial charge in [0.25, 0.3) is 5.91 Å². The summed E-state index contributed by atoms with van der Waals surface area (Å²) in [5, 5.41) is 9.45. The van der Waals surface area contributed by atoms with Gasteiger partial charge in [0.15, 0.2) is 0 Å². The molecule has 4 aliphatic heterocycles. The highest BCUT2D eigenvalue weighted by molar-refractivity contribution is 5.88. The number of hydrogen-bond acceptors (Lipinski definition) is 6. The third kappa shape index (κ3) is 7.67. The number of carboxylic acids is 1. The lowest BCUT2D eigenvalue weighted by molar-refractivity contribution is -0.143. The van der Waals surface area contributed by atoms with Crippen LogP contribution in [0.3, 0.4) is 0 Å². The van der Waals surface area contributed by atoms with Gasteiger partial charge < -0.3 is 19.6 Å². The number of halogens is 6. The van der Waals surface area contributed by atoms with Gasteiger partial charge in [0, 0.05) is 75.9 Å². The van der Waals surface area contributed by atoms with Crippen molar-refractivity contribution in [2.75, 3.05) is 77.7 Å². The molecule has 4 aliphatic rings. The molecule has 0 saturated carbocycles. The number of aliphatic carboxylic acids is 1. The molecule has 51 heavy (non-hydrogen) atoms. The Balaban J connectivity index is 1.23. The minimum absolute atomic E-state index is 0.0707. The van der Waals surface area contributed by atoms with Gasteiger partial charge in [-0.15, -0.1) is 0 Å². The van der Waals surface area contributed by atoms with Gasteiger partial charge in [-0.1, -0.05) is 18.2 Å². The van der Waals surface area contributed by atoms with Gasteiger partial charge in [0.2, 0.25) is 5.67 Å². The molecule has 280 valence electrons. The summed E-state index contributed by atoms with van der Waals surface area (Å²) in [6.45, 7) is 0.461. The first kappa shape index (κ1) is 37.2. The molecule has 0 aliphatic carbocycles. The molecule has 0 bridgehead atoms. The Morgan fingerprint density at radius 3 is 2.18 bits per heavy atom. The molecule has 6 rings (SSSR count). The lowest BCUT2D eigenvalue weighted by Crippen LogP contribution is -2.52. The molecule has 4 saturated heterocycles. The van der Waals surface area contributed by atoms with Crippen molar-refractivity contribution in [1.29, 1.82) is 0 Å².